The van der Waals surface area contributed by atoms with Crippen LogP contribution in [0.1, 0.15) is 28.9 Å². The average molecular weight is 226 g/mol. The van der Waals surface area contributed by atoms with E-state index in [4.69, 9.17) is 0 Å². The zero-order valence-corrected chi connectivity index (χ0v) is 9.63. The van der Waals surface area contributed by atoms with E-state index in [2.05, 4.69) is 10.3 Å². The molecule has 1 aromatic heterocycles. The first-order valence-corrected chi connectivity index (χ1v) is 5.53. The molecule has 1 heterocycles. The molecule has 3 nitrogen and oxygen atoms in total. The number of nitrogens with zero attached hydrogens (tertiary/aromatic N) is 1. The van der Waals surface area contributed by atoms with E-state index in [1.807, 2.05) is 37.3 Å². The summed E-state index contributed by atoms with van der Waals surface area (Å²) in [6.07, 6.45) is 3.23. The molecule has 0 spiro atoms. The summed E-state index contributed by atoms with van der Waals surface area (Å²) in [5.74, 6) is -0.0799. The highest BCUT2D eigenvalue weighted by atomic mass is 16.1. The van der Waals surface area contributed by atoms with Gasteiger partial charge in [-0.2, -0.15) is 0 Å². The summed E-state index contributed by atoms with van der Waals surface area (Å²) in [6.45, 7) is 1.97. The third-order valence-electron chi connectivity index (χ3n) is 2.59. The Morgan fingerprint density at radius 1 is 1.12 bits per heavy atom. The van der Waals surface area contributed by atoms with E-state index < -0.39 is 0 Å². The first-order chi connectivity index (χ1) is 8.27. The Balaban J connectivity index is 2.05. The molecule has 0 radical (unpaired) electrons. The molecule has 86 valence electrons. The summed E-state index contributed by atoms with van der Waals surface area (Å²) < 4.78 is 0. The lowest BCUT2D eigenvalue weighted by atomic mass is 10.1. The van der Waals surface area contributed by atoms with Crippen LogP contribution in [-0.4, -0.2) is 10.9 Å². The van der Waals surface area contributed by atoms with E-state index in [-0.39, 0.29) is 11.9 Å². The van der Waals surface area contributed by atoms with Crippen molar-refractivity contribution in [1.29, 1.82) is 0 Å². The maximum atomic E-state index is 11.9. The summed E-state index contributed by atoms with van der Waals surface area (Å²) in [5.41, 5.74) is 1.72. The summed E-state index contributed by atoms with van der Waals surface area (Å²) in [4.78, 5) is 15.8. The number of rotatable bonds is 3. The second-order valence-electron chi connectivity index (χ2n) is 3.84. The van der Waals surface area contributed by atoms with E-state index in [0.29, 0.717) is 5.56 Å². The molecule has 2 aromatic rings. The maximum absolute atomic E-state index is 11.9. The van der Waals surface area contributed by atoms with Crippen LogP contribution in [0, 0.1) is 0 Å². The van der Waals surface area contributed by atoms with Gasteiger partial charge in [0.2, 0.25) is 0 Å². The van der Waals surface area contributed by atoms with Crippen molar-refractivity contribution in [3.05, 3.63) is 66.0 Å². The molecule has 3 heteroatoms. The fraction of sp³-hybridized carbons (Fsp3) is 0.143. The molecule has 0 unspecified atom stereocenters. The number of nitrogens with one attached hydrogen (secondary N) is 1. The quantitative estimate of drug-likeness (QED) is 0.874. The Labute approximate surface area is 101 Å². The topological polar surface area (TPSA) is 42.0 Å². The number of pyridine rings is 1. The summed E-state index contributed by atoms with van der Waals surface area (Å²) in [5, 5.41) is 2.95. The zero-order chi connectivity index (χ0) is 12.1. The van der Waals surface area contributed by atoms with Gasteiger partial charge in [-0.15, -0.1) is 0 Å². The number of amides is 1. The van der Waals surface area contributed by atoms with Gasteiger partial charge in [0.1, 0.15) is 0 Å². The Bertz CT molecular complexity index is 482. The van der Waals surface area contributed by atoms with Gasteiger partial charge in [-0.1, -0.05) is 30.3 Å². The lowest BCUT2D eigenvalue weighted by molar-refractivity contribution is 0.0940. The van der Waals surface area contributed by atoms with Crippen LogP contribution >= 0.6 is 0 Å². The number of carbonyl (C=O) groups excluding carboxylic acids is 1. The fourth-order valence-corrected chi connectivity index (χ4v) is 1.61. The average Bonchev–Trinajstić information content (AvgIpc) is 2.40. The predicted molar refractivity (Wildman–Crippen MR) is 66.6 cm³/mol. The minimum Gasteiger partial charge on any atom is -0.346 e. The molecule has 0 saturated heterocycles. The third kappa shape index (κ3) is 2.91. The number of benzene rings is 1. The monoisotopic (exact) mass is 226 g/mol. The van der Waals surface area contributed by atoms with Gasteiger partial charge in [0.15, 0.2) is 0 Å². The van der Waals surface area contributed by atoms with Crippen LogP contribution < -0.4 is 5.32 Å². The van der Waals surface area contributed by atoms with Gasteiger partial charge in [0.05, 0.1) is 6.04 Å². The molecule has 0 saturated carbocycles. The van der Waals surface area contributed by atoms with Gasteiger partial charge in [0.25, 0.3) is 5.91 Å². The van der Waals surface area contributed by atoms with E-state index in [9.17, 15) is 4.79 Å². The second kappa shape index (κ2) is 5.25. The minimum absolute atomic E-state index is 0.00290. The number of hydrogen-bond donors (Lipinski definition) is 1. The van der Waals surface area contributed by atoms with E-state index >= 15 is 0 Å². The highest BCUT2D eigenvalue weighted by Gasteiger charge is 2.10. The van der Waals surface area contributed by atoms with Crippen molar-refractivity contribution in [3.8, 4) is 0 Å². The molecule has 0 aliphatic carbocycles. The second-order valence-corrected chi connectivity index (χ2v) is 3.84. The molecular weight excluding hydrogens is 212 g/mol. The van der Waals surface area contributed by atoms with E-state index in [1.165, 1.54) is 0 Å². The maximum Gasteiger partial charge on any atom is 0.251 e. The Morgan fingerprint density at radius 3 is 2.41 bits per heavy atom. The molecular formula is C14H14N2O. The molecule has 0 fully saturated rings. The summed E-state index contributed by atoms with van der Waals surface area (Å²) in [6, 6.07) is 13.3. The number of aromatic nitrogens is 1. The first kappa shape index (κ1) is 11.3. The Hall–Kier alpha value is -2.16. The minimum atomic E-state index is -0.0799. The molecule has 1 aromatic carbocycles. The molecule has 0 aliphatic heterocycles. The van der Waals surface area contributed by atoms with Crippen LogP contribution in [0.4, 0.5) is 0 Å². The zero-order valence-electron chi connectivity index (χ0n) is 9.63. The summed E-state index contributed by atoms with van der Waals surface area (Å²) >= 11 is 0. The van der Waals surface area contributed by atoms with Crippen molar-refractivity contribution >= 4 is 5.91 Å². The standard InChI is InChI=1S/C14H14N2O/c1-11(12-5-3-2-4-6-12)16-14(17)13-7-9-15-10-8-13/h2-11H,1H3,(H,16,17)/t11-/m1/s1. The summed E-state index contributed by atoms with van der Waals surface area (Å²) in [7, 11) is 0. The Morgan fingerprint density at radius 2 is 1.76 bits per heavy atom. The molecule has 0 aliphatic rings. The van der Waals surface area contributed by atoms with Gasteiger partial charge in [-0.05, 0) is 24.6 Å². The Kier molecular flexibility index (Phi) is 3.50. The highest BCUT2D eigenvalue weighted by Crippen LogP contribution is 2.11. The molecule has 1 N–H and O–H groups in total. The molecule has 2 rings (SSSR count). The first-order valence-electron chi connectivity index (χ1n) is 5.53. The number of carbonyl (C=O) groups is 1. The van der Waals surface area contributed by atoms with Crippen molar-refractivity contribution in [2.75, 3.05) is 0 Å². The van der Waals surface area contributed by atoms with Crippen molar-refractivity contribution in [2.45, 2.75) is 13.0 Å². The van der Waals surface area contributed by atoms with Crippen LogP contribution in [0.5, 0.6) is 0 Å². The van der Waals surface area contributed by atoms with Gasteiger partial charge >= 0.3 is 0 Å². The van der Waals surface area contributed by atoms with Gasteiger partial charge in [0, 0.05) is 18.0 Å². The molecule has 1 amide bonds. The number of hydrogen-bond acceptors (Lipinski definition) is 2. The van der Waals surface area contributed by atoms with E-state index in [0.717, 1.165) is 5.56 Å². The van der Waals surface area contributed by atoms with Gasteiger partial charge in [-0.25, -0.2) is 0 Å². The van der Waals surface area contributed by atoms with Gasteiger partial charge < -0.3 is 5.32 Å². The van der Waals surface area contributed by atoms with Crippen molar-refractivity contribution in [3.63, 3.8) is 0 Å². The normalized spacial score (nSPS) is 11.8. The van der Waals surface area contributed by atoms with E-state index in [1.54, 1.807) is 24.5 Å². The molecule has 1 atom stereocenters. The van der Waals surface area contributed by atoms with Crippen LogP contribution in [0.15, 0.2) is 54.9 Å². The van der Waals surface area contributed by atoms with Crippen LogP contribution in [0.2, 0.25) is 0 Å². The molecule has 0 bridgehead atoms. The lowest BCUT2D eigenvalue weighted by Crippen LogP contribution is -2.26. The van der Waals surface area contributed by atoms with Crippen molar-refractivity contribution in [1.82, 2.24) is 10.3 Å². The SMILES string of the molecule is C[C@@H](NC(=O)c1ccncc1)c1ccccc1. The highest BCUT2D eigenvalue weighted by molar-refractivity contribution is 5.94. The predicted octanol–water partition coefficient (Wildman–Crippen LogP) is 2.57. The smallest absolute Gasteiger partial charge is 0.251 e. The largest absolute Gasteiger partial charge is 0.346 e. The lowest BCUT2D eigenvalue weighted by Gasteiger charge is -2.14. The van der Waals surface area contributed by atoms with Crippen LogP contribution in [0.3, 0.4) is 0 Å². The third-order valence-corrected chi connectivity index (χ3v) is 2.59. The van der Waals surface area contributed by atoms with Crippen molar-refractivity contribution < 1.29 is 4.79 Å². The van der Waals surface area contributed by atoms with Crippen LogP contribution in [-0.2, 0) is 0 Å². The molecule has 17 heavy (non-hydrogen) atoms. The van der Waals surface area contributed by atoms with Gasteiger partial charge in [-0.3, -0.25) is 9.78 Å². The van der Waals surface area contributed by atoms with Crippen molar-refractivity contribution in [2.24, 2.45) is 0 Å². The van der Waals surface area contributed by atoms with Crippen LogP contribution in [0.25, 0.3) is 0 Å². The fourth-order valence-electron chi connectivity index (χ4n) is 1.61.